The molecule has 5 heterocycles. The summed E-state index contributed by atoms with van der Waals surface area (Å²) in [7, 11) is -1.03. The number of pyridine rings is 1. The van der Waals surface area contributed by atoms with Crippen LogP contribution in [-0.2, 0) is 23.1 Å². The third-order valence-corrected chi connectivity index (χ3v) is 8.68. The average Bonchev–Trinajstić information content (AvgIpc) is 3.51. The number of rotatable bonds is 4. The lowest BCUT2D eigenvalue weighted by molar-refractivity contribution is 0.342. The van der Waals surface area contributed by atoms with Gasteiger partial charge in [-0.2, -0.15) is 0 Å². The molecule has 3 aliphatic heterocycles. The summed E-state index contributed by atoms with van der Waals surface area (Å²) in [6.45, 7) is 4.75. The second-order valence-corrected chi connectivity index (χ2v) is 12.0. The Hall–Kier alpha value is -2.82. The minimum absolute atomic E-state index is 0.0153. The van der Waals surface area contributed by atoms with Crippen LogP contribution in [-0.4, -0.2) is 72.1 Å². The maximum Gasteiger partial charge on any atom is 0.227 e. The van der Waals surface area contributed by atoms with Gasteiger partial charge in [0.15, 0.2) is 5.82 Å². The fourth-order valence-corrected chi connectivity index (χ4v) is 6.56. The Balaban J connectivity index is 1.26. The van der Waals surface area contributed by atoms with Crippen molar-refractivity contribution in [2.24, 2.45) is 5.41 Å². The smallest absolute Gasteiger partial charge is 0.227 e. The number of fused-ring (bicyclic) bond motifs is 2. The van der Waals surface area contributed by atoms with E-state index in [1.807, 2.05) is 12.3 Å². The fourth-order valence-electron chi connectivity index (χ4n) is 5.63. The SMILES string of the molecule is CN1Cc2ccc(Nc3ncc4ccnc(N5CCC6(CCN(S(C)(=O)=O)C6)C5)c4n3)cc2C1. The minimum atomic E-state index is -3.16. The van der Waals surface area contributed by atoms with E-state index in [1.54, 1.807) is 10.5 Å². The molecule has 0 radical (unpaired) electrons. The first kappa shape index (κ1) is 21.7. The third kappa shape index (κ3) is 3.89. The molecule has 1 unspecified atom stereocenters. The van der Waals surface area contributed by atoms with Crippen LogP contribution in [0.1, 0.15) is 24.0 Å². The third-order valence-electron chi connectivity index (χ3n) is 7.43. The molecule has 6 rings (SSSR count). The van der Waals surface area contributed by atoms with Crippen molar-refractivity contribution in [2.75, 3.05) is 49.7 Å². The number of nitrogens with one attached hydrogen (secondary N) is 1. The van der Waals surface area contributed by atoms with Gasteiger partial charge in [0.2, 0.25) is 16.0 Å². The van der Waals surface area contributed by atoms with Gasteiger partial charge in [-0.1, -0.05) is 6.07 Å². The number of aromatic nitrogens is 3. The normalized spacial score (nSPS) is 23.3. The lowest BCUT2D eigenvalue weighted by Crippen LogP contribution is -2.33. The van der Waals surface area contributed by atoms with Gasteiger partial charge in [0.05, 0.1) is 6.26 Å². The predicted octanol–water partition coefficient (Wildman–Crippen LogP) is 2.58. The molecule has 1 N–H and O–H groups in total. The lowest BCUT2D eigenvalue weighted by atomic mass is 9.87. The molecule has 0 aliphatic carbocycles. The summed E-state index contributed by atoms with van der Waals surface area (Å²) in [5.41, 5.74) is 4.47. The summed E-state index contributed by atoms with van der Waals surface area (Å²) < 4.78 is 25.7. The first-order chi connectivity index (χ1) is 16.3. The van der Waals surface area contributed by atoms with Crippen LogP contribution in [0.2, 0.25) is 0 Å². The Labute approximate surface area is 199 Å². The van der Waals surface area contributed by atoms with E-state index in [0.717, 1.165) is 61.4 Å². The molecule has 3 aromatic rings. The number of nitrogens with zero attached hydrogens (tertiary/aromatic N) is 6. The molecule has 0 saturated carbocycles. The molecular formula is C24H29N7O2S. The van der Waals surface area contributed by atoms with Gasteiger partial charge in [-0.3, -0.25) is 4.90 Å². The van der Waals surface area contributed by atoms with Gasteiger partial charge in [0.25, 0.3) is 0 Å². The van der Waals surface area contributed by atoms with Crippen molar-refractivity contribution in [3.05, 3.63) is 47.8 Å². The van der Waals surface area contributed by atoms with Gasteiger partial charge < -0.3 is 10.2 Å². The van der Waals surface area contributed by atoms with Crippen molar-refractivity contribution in [1.29, 1.82) is 0 Å². The molecule has 2 fully saturated rings. The minimum Gasteiger partial charge on any atom is -0.354 e. The molecule has 34 heavy (non-hydrogen) atoms. The van der Waals surface area contributed by atoms with E-state index in [2.05, 4.69) is 50.3 Å². The number of anilines is 3. The molecule has 3 aliphatic rings. The summed E-state index contributed by atoms with van der Waals surface area (Å²) in [5, 5.41) is 4.31. The van der Waals surface area contributed by atoms with E-state index in [1.165, 1.54) is 17.4 Å². The molecule has 1 spiro atoms. The standard InChI is InChI=1S/C24H29N7O2S/c1-29-13-18-3-4-20(11-19(18)14-29)27-23-26-12-17-5-8-25-22(21(17)28-23)30-9-6-24(15-30)7-10-31(16-24)34(2,32)33/h3-5,8,11-12H,6-7,9-10,13-16H2,1-2H3,(H,26,27,28). The summed E-state index contributed by atoms with van der Waals surface area (Å²) in [5.74, 6) is 1.39. The van der Waals surface area contributed by atoms with E-state index in [4.69, 9.17) is 4.98 Å². The number of benzene rings is 1. The highest BCUT2D eigenvalue weighted by molar-refractivity contribution is 7.88. The molecular weight excluding hydrogens is 450 g/mol. The zero-order valence-corrected chi connectivity index (χ0v) is 20.3. The van der Waals surface area contributed by atoms with E-state index in [9.17, 15) is 8.42 Å². The lowest BCUT2D eigenvalue weighted by Gasteiger charge is -2.25. The van der Waals surface area contributed by atoms with Crippen LogP contribution in [0.5, 0.6) is 0 Å². The quantitative estimate of drug-likeness (QED) is 0.610. The van der Waals surface area contributed by atoms with Crippen molar-refractivity contribution < 1.29 is 8.42 Å². The van der Waals surface area contributed by atoms with Crippen molar-refractivity contribution in [1.82, 2.24) is 24.2 Å². The van der Waals surface area contributed by atoms with Crippen molar-refractivity contribution >= 4 is 38.4 Å². The Bertz CT molecular complexity index is 1380. The molecule has 0 amide bonds. The maximum atomic E-state index is 12.0. The van der Waals surface area contributed by atoms with Crippen molar-refractivity contribution in [3.8, 4) is 0 Å². The molecule has 1 aromatic carbocycles. The molecule has 2 saturated heterocycles. The summed E-state index contributed by atoms with van der Waals surface area (Å²) in [6.07, 6.45) is 6.78. The fraction of sp³-hybridized carbons (Fsp3) is 0.458. The van der Waals surface area contributed by atoms with E-state index >= 15 is 0 Å². The van der Waals surface area contributed by atoms with Crippen molar-refractivity contribution in [2.45, 2.75) is 25.9 Å². The first-order valence-corrected chi connectivity index (χ1v) is 13.5. The van der Waals surface area contributed by atoms with E-state index in [-0.39, 0.29) is 5.41 Å². The van der Waals surface area contributed by atoms with Gasteiger partial charge >= 0.3 is 0 Å². The number of sulfonamides is 1. The monoisotopic (exact) mass is 479 g/mol. The summed E-state index contributed by atoms with van der Waals surface area (Å²) in [4.78, 5) is 18.6. The van der Waals surface area contributed by atoms with Crippen LogP contribution in [0, 0.1) is 5.41 Å². The molecule has 0 bridgehead atoms. The highest BCUT2D eigenvalue weighted by Crippen LogP contribution is 2.42. The van der Waals surface area contributed by atoms with Crippen LogP contribution in [0.4, 0.5) is 17.5 Å². The Morgan fingerprint density at radius 1 is 1.03 bits per heavy atom. The highest BCUT2D eigenvalue weighted by atomic mass is 32.2. The zero-order valence-electron chi connectivity index (χ0n) is 19.5. The van der Waals surface area contributed by atoms with E-state index < -0.39 is 10.0 Å². The number of hydrogen-bond donors (Lipinski definition) is 1. The van der Waals surface area contributed by atoms with Crippen LogP contribution >= 0.6 is 0 Å². The second kappa shape index (κ2) is 7.86. The Kier molecular flexibility index (Phi) is 5.02. The molecule has 2 aromatic heterocycles. The van der Waals surface area contributed by atoms with Gasteiger partial charge in [-0.15, -0.1) is 0 Å². The van der Waals surface area contributed by atoms with Crippen LogP contribution in [0.15, 0.2) is 36.7 Å². The summed E-state index contributed by atoms with van der Waals surface area (Å²) in [6, 6.07) is 8.35. The van der Waals surface area contributed by atoms with Gasteiger partial charge in [-0.05, 0) is 49.2 Å². The van der Waals surface area contributed by atoms with Crippen LogP contribution in [0.25, 0.3) is 10.9 Å². The Morgan fingerprint density at radius 3 is 2.68 bits per heavy atom. The van der Waals surface area contributed by atoms with E-state index in [0.29, 0.717) is 19.0 Å². The molecule has 9 nitrogen and oxygen atoms in total. The average molecular weight is 480 g/mol. The van der Waals surface area contributed by atoms with Gasteiger partial charge in [0, 0.05) is 68.2 Å². The first-order valence-electron chi connectivity index (χ1n) is 11.7. The Morgan fingerprint density at radius 2 is 1.85 bits per heavy atom. The number of hydrogen-bond acceptors (Lipinski definition) is 8. The molecule has 1 atom stereocenters. The highest BCUT2D eigenvalue weighted by Gasteiger charge is 2.46. The molecule has 10 heteroatoms. The topological polar surface area (TPSA) is 94.6 Å². The second-order valence-electron chi connectivity index (χ2n) is 10.1. The molecule has 178 valence electrons. The van der Waals surface area contributed by atoms with Gasteiger partial charge in [0.1, 0.15) is 5.52 Å². The van der Waals surface area contributed by atoms with Crippen LogP contribution < -0.4 is 10.2 Å². The predicted molar refractivity (Wildman–Crippen MR) is 133 cm³/mol. The maximum absolute atomic E-state index is 12.0. The van der Waals surface area contributed by atoms with Crippen LogP contribution in [0.3, 0.4) is 0 Å². The van der Waals surface area contributed by atoms with Gasteiger partial charge in [-0.25, -0.2) is 27.7 Å². The zero-order chi connectivity index (χ0) is 23.5. The van der Waals surface area contributed by atoms with Crippen molar-refractivity contribution in [3.63, 3.8) is 0 Å². The largest absolute Gasteiger partial charge is 0.354 e. The summed E-state index contributed by atoms with van der Waals surface area (Å²) >= 11 is 0.